The first-order valence-electron chi connectivity index (χ1n) is 11.1. The average molecular weight is 460 g/mol. The third kappa shape index (κ3) is 3.93. The Labute approximate surface area is 195 Å². The van der Waals surface area contributed by atoms with Crippen LogP contribution in [0, 0.1) is 13.8 Å². The van der Waals surface area contributed by atoms with Crippen LogP contribution >= 0.6 is 11.3 Å². The fraction of sp³-hybridized carbons (Fsp3) is 0.269. The van der Waals surface area contributed by atoms with Crippen LogP contribution in [0.2, 0.25) is 0 Å². The summed E-state index contributed by atoms with van der Waals surface area (Å²) in [7, 11) is 0. The van der Waals surface area contributed by atoms with Gasteiger partial charge in [-0.1, -0.05) is 42.5 Å². The summed E-state index contributed by atoms with van der Waals surface area (Å²) in [5, 5.41) is 4.87. The van der Waals surface area contributed by atoms with Crippen LogP contribution < -0.4 is 16.6 Å². The van der Waals surface area contributed by atoms with E-state index in [9.17, 15) is 14.4 Å². The molecule has 2 heterocycles. The van der Waals surface area contributed by atoms with Gasteiger partial charge in [-0.05, 0) is 66.0 Å². The predicted octanol–water partition coefficient (Wildman–Crippen LogP) is 3.69. The quantitative estimate of drug-likeness (QED) is 0.495. The highest BCUT2D eigenvalue weighted by Crippen LogP contribution is 2.30. The van der Waals surface area contributed by atoms with Crippen molar-refractivity contribution < 1.29 is 4.79 Å². The molecule has 1 N–H and O–H groups in total. The molecule has 2 aromatic heterocycles. The SMILES string of the molecule is Cc1ccc(Cn2c(=O)c3sccc3n(CC(=O)N[C@H]3CCc4ccccc43)c2=O)cc1C. The first kappa shape index (κ1) is 21.4. The number of carbonyl (C=O) groups excluding carboxylic acids is 1. The van der Waals surface area contributed by atoms with Gasteiger partial charge in [-0.15, -0.1) is 11.3 Å². The normalized spacial score (nSPS) is 15.0. The Kier molecular flexibility index (Phi) is 5.50. The van der Waals surface area contributed by atoms with E-state index in [1.807, 2.05) is 50.2 Å². The van der Waals surface area contributed by atoms with E-state index >= 15 is 0 Å². The Morgan fingerprint density at radius 2 is 1.88 bits per heavy atom. The number of thiophene rings is 1. The molecule has 6 nitrogen and oxygen atoms in total. The van der Waals surface area contributed by atoms with Gasteiger partial charge in [0.2, 0.25) is 5.91 Å². The summed E-state index contributed by atoms with van der Waals surface area (Å²) >= 11 is 1.29. The molecule has 1 amide bonds. The van der Waals surface area contributed by atoms with E-state index in [-0.39, 0.29) is 30.6 Å². The molecule has 0 spiro atoms. The lowest BCUT2D eigenvalue weighted by Gasteiger charge is -2.16. The maximum atomic E-state index is 13.4. The third-order valence-corrected chi connectivity index (χ3v) is 7.41. The van der Waals surface area contributed by atoms with Gasteiger partial charge in [0.15, 0.2) is 0 Å². The fourth-order valence-corrected chi connectivity index (χ4v) is 5.44. The van der Waals surface area contributed by atoms with Crippen LogP contribution in [0.15, 0.2) is 63.5 Å². The molecule has 2 aromatic carbocycles. The Morgan fingerprint density at radius 3 is 2.70 bits per heavy atom. The second-order valence-electron chi connectivity index (χ2n) is 8.67. The molecule has 0 unspecified atom stereocenters. The van der Waals surface area contributed by atoms with E-state index in [2.05, 4.69) is 11.4 Å². The minimum absolute atomic E-state index is 0.0520. The summed E-state index contributed by atoms with van der Waals surface area (Å²) in [6.07, 6.45) is 1.77. The van der Waals surface area contributed by atoms with E-state index in [0.29, 0.717) is 10.2 Å². The topological polar surface area (TPSA) is 73.1 Å². The van der Waals surface area contributed by atoms with E-state index < -0.39 is 5.69 Å². The second-order valence-corrected chi connectivity index (χ2v) is 9.59. The molecule has 7 heteroatoms. The van der Waals surface area contributed by atoms with Crippen molar-refractivity contribution >= 4 is 27.5 Å². The van der Waals surface area contributed by atoms with Crippen molar-refractivity contribution in [3.05, 3.63) is 103 Å². The van der Waals surface area contributed by atoms with Crippen LogP contribution in [-0.2, 0) is 24.3 Å². The lowest BCUT2D eigenvalue weighted by molar-refractivity contribution is -0.122. The molecule has 5 rings (SSSR count). The first-order chi connectivity index (χ1) is 15.9. The van der Waals surface area contributed by atoms with Crippen molar-refractivity contribution in [3.63, 3.8) is 0 Å². The van der Waals surface area contributed by atoms with Crippen LogP contribution in [0.4, 0.5) is 0 Å². The molecule has 33 heavy (non-hydrogen) atoms. The molecule has 0 fully saturated rings. The number of fused-ring (bicyclic) bond motifs is 2. The Morgan fingerprint density at radius 1 is 1.06 bits per heavy atom. The van der Waals surface area contributed by atoms with Crippen LogP contribution in [0.5, 0.6) is 0 Å². The van der Waals surface area contributed by atoms with E-state index in [4.69, 9.17) is 0 Å². The van der Waals surface area contributed by atoms with Crippen LogP contribution in [0.3, 0.4) is 0 Å². The molecule has 0 saturated heterocycles. The third-order valence-electron chi connectivity index (χ3n) is 6.52. The molecule has 4 aromatic rings. The van der Waals surface area contributed by atoms with Crippen LogP contribution in [-0.4, -0.2) is 15.0 Å². The van der Waals surface area contributed by atoms with Gasteiger partial charge in [-0.25, -0.2) is 4.79 Å². The monoisotopic (exact) mass is 459 g/mol. The molecule has 0 bridgehead atoms. The van der Waals surface area contributed by atoms with Gasteiger partial charge in [0.25, 0.3) is 5.56 Å². The van der Waals surface area contributed by atoms with Crippen molar-refractivity contribution in [2.75, 3.05) is 0 Å². The number of aromatic nitrogens is 2. The van der Waals surface area contributed by atoms with Gasteiger partial charge in [0, 0.05) is 0 Å². The number of hydrogen-bond acceptors (Lipinski definition) is 4. The van der Waals surface area contributed by atoms with Crippen molar-refractivity contribution in [1.29, 1.82) is 0 Å². The molecule has 0 aliphatic heterocycles. The maximum absolute atomic E-state index is 13.4. The van der Waals surface area contributed by atoms with Gasteiger partial charge in [-0.3, -0.25) is 18.7 Å². The van der Waals surface area contributed by atoms with Gasteiger partial charge in [-0.2, -0.15) is 0 Å². The first-order valence-corrected chi connectivity index (χ1v) is 11.9. The molecule has 0 radical (unpaired) electrons. The van der Waals surface area contributed by atoms with Crippen molar-refractivity contribution in [1.82, 2.24) is 14.5 Å². The average Bonchev–Trinajstić information content (AvgIpc) is 3.45. The summed E-state index contributed by atoms with van der Waals surface area (Å²) in [6, 6.07) is 15.7. The summed E-state index contributed by atoms with van der Waals surface area (Å²) in [5.41, 5.74) is 5.26. The number of amides is 1. The molecule has 168 valence electrons. The number of carbonyl (C=O) groups is 1. The summed E-state index contributed by atoms with van der Waals surface area (Å²) < 4.78 is 3.14. The molecular formula is C26H25N3O3S. The number of aryl methyl sites for hydroxylation is 3. The molecular weight excluding hydrogens is 434 g/mol. The Balaban J connectivity index is 1.47. The van der Waals surface area contributed by atoms with Gasteiger partial charge >= 0.3 is 5.69 Å². The highest BCUT2D eigenvalue weighted by Gasteiger charge is 2.24. The smallest absolute Gasteiger partial charge is 0.332 e. The highest BCUT2D eigenvalue weighted by atomic mass is 32.1. The predicted molar refractivity (Wildman–Crippen MR) is 131 cm³/mol. The minimum Gasteiger partial charge on any atom is -0.348 e. The summed E-state index contributed by atoms with van der Waals surface area (Å²) in [4.78, 5) is 39.4. The molecule has 1 atom stereocenters. The van der Waals surface area contributed by atoms with Crippen LogP contribution in [0.25, 0.3) is 10.2 Å². The number of hydrogen-bond donors (Lipinski definition) is 1. The van der Waals surface area contributed by atoms with E-state index in [1.54, 1.807) is 11.4 Å². The molecule has 0 saturated carbocycles. The zero-order valence-electron chi connectivity index (χ0n) is 18.6. The molecule has 1 aliphatic rings. The summed E-state index contributed by atoms with van der Waals surface area (Å²) in [6.45, 7) is 4.08. The number of nitrogens with zero attached hydrogens (tertiary/aromatic N) is 2. The Bertz CT molecular complexity index is 1490. The van der Waals surface area contributed by atoms with Gasteiger partial charge in [0.1, 0.15) is 11.2 Å². The largest absolute Gasteiger partial charge is 0.348 e. The van der Waals surface area contributed by atoms with Crippen molar-refractivity contribution in [2.24, 2.45) is 0 Å². The van der Waals surface area contributed by atoms with Gasteiger partial charge < -0.3 is 5.32 Å². The zero-order chi connectivity index (χ0) is 23.1. The fourth-order valence-electron chi connectivity index (χ4n) is 4.60. The number of rotatable bonds is 5. The van der Waals surface area contributed by atoms with Gasteiger partial charge in [0.05, 0.1) is 18.1 Å². The molecule has 1 aliphatic carbocycles. The number of benzene rings is 2. The minimum atomic E-state index is -0.467. The van der Waals surface area contributed by atoms with Crippen molar-refractivity contribution in [2.45, 2.75) is 45.8 Å². The lowest BCUT2D eigenvalue weighted by Crippen LogP contribution is -2.42. The van der Waals surface area contributed by atoms with Crippen LogP contribution in [0.1, 0.15) is 40.3 Å². The zero-order valence-corrected chi connectivity index (χ0v) is 19.4. The Hall–Kier alpha value is -3.45. The second kappa shape index (κ2) is 8.48. The summed E-state index contributed by atoms with van der Waals surface area (Å²) in [5.74, 6) is -0.234. The highest BCUT2D eigenvalue weighted by molar-refractivity contribution is 7.17. The standard InChI is InChI=1S/C26H25N3O3S/c1-16-7-8-18(13-17(16)2)14-29-25(31)24-22(11-12-33-24)28(26(29)32)15-23(30)27-21-10-9-19-5-3-4-6-20(19)21/h3-8,11-13,21H,9-10,14-15H2,1-2H3,(H,27,30)/t21-/m0/s1. The van der Waals surface area contributed by atoms with E-state index in [1.165, 1.54) is 26.0 Å². The lowest BCUT2D eigenvalue weighted by atomic mass is 10.1. The van der Waals surface area contributed by atoms with Crippen molar-refractivity contribution in [3.8, 4) is 0 Å². The maximum Gasteiger partial charge on any atom is 0.332 e. The number of nitrogens with one attached hydrogen (secondary N) is 1. The van der Waals surface area contributed by atoms with E-state index in [0.717, 1.165) is 35.1 Å².